The van der Waals surface area contributed by atoms with Crippen LogP contribution in [0.15, 0.2) is 0 Å². The zero-order valence-electron chi connectivity index (χ0n) is 9.37. The Kier molecular flexibility index (Phi) is 2.95. The maximum absolute atomic E-state index is 11.7. The fourth-order valence-electron chi connectivity index (χ4n) is 2.75. The molecule has 0 spiro atoms. The van der Waals surface area contributed by atoms with E-state index in [4.69, 9.17) is 0 Å². The molecule has 0 aromatic heterocycles. The number of imide groups is 1. The fourth-order valence-corrected chi connectivity index (χ4v) is 2.75. The molecule has 2 amide bonds. The molecule has 0 unspecified atom stereocenters. The van der Waals surface area contributed by atoms with Crippen LogP contribution >= 0.6 is 0 Å². The molecule has 1 saturated heterocycles. The summed E-state index contributed by atoms with van der Waals surface area (Å²) < 4.78 is 0. The van der Waals surface area contributed by atoms with Crippen molar-refractivity contribution in [3.8, 4) is 6.07 Å². The highest BCUT2D eigenvalue weighted by Gasteiger charge is 2.46. The molecular weight excluding hydrogens is 204 g/mol. The first-order chi connectivity index (χ1) is 7.69. The van der Waals surface area contributed by atoms with E-state index < -0.39 is 5.54 Å². The molecule has 0 bridgehead atoms. The minimum Gasteiger partial charge on any atom is -0.274 e. The van der Waals surface area contributed by atoms with Crippen molar-refractivity contribution < 1.29 is 9.59 Å². The van der Waals surface area contributed by atoms with Crippen LogP contribution in [0.3, 0.4) is 0 Å². The van der Waals surface area contributed by atoms with Crippen molar-refractivity contribution in [3.05, 3.63) is 0 Å². The average molecular weight is 220 g/mol. The molecule has 4 nitrogen and oxygen atoms in total. The standard InChI is InChI=1S/C12H16N2O2/c13-9-12(7-3-1-2-4-8-12)14-10(15)5-6-11(14)16/h1-8H2. The van der Waals surface area contributed by atoms with Crippen LogP contribution in [0.5, 0.6) is 0 Å². The van der Waals surface area contributed by atoms with E-state index in [1.807, 2.05) is 0 Å². The SMILES string of the molecule is N#CC1(N2C(=O)CCC2=O)CCCCCC1. The molecule has 2 rings (SSSR count). The van der Waals surface area contributed by atoms with E-state index in [9.17, 15) is 14.9 Å². The second-order valence-electron chi connectivity index (χ2n) is 4.68. The monoisotopic (exact) mass is 220 g/mol. The Morgan fingerprint density at radius 3 is 1.94 bits per heavy atom. The molecule has 86 valence electrons. The van der Waals surface area contributed by atoms with E-state index >= 15 is 0 Å². The quantitative estimate of drug-likeness (QED) is 0.499. The molecule has 0 N–H and O–H groups in total. The zero-order valence-corrected chi connectivity index (χ0v) is 9.37. The maximum Gasteiger partial charge on any atom is 0.231 e. The van der Waals surface area contributed by atoms with E-state index in [0.717, 1.165) is 25.7 Å². The lowest BCUT2D eigenvalue weighted by atomic mass is 9.90. The number of hydrogen-bond donors (Lipinski definition) is 0. The van der Waals surface area contributed by atoms with Crippen LogP contribution in [0, 0.1) is 11.3 Å². The van der Waals surface area contributed by atoms with E-state index in [1.165, 1.54) is 4.90 Å². The lowest BCUT2D eigenvalue weighted by Gasteiger charge is -2.33. The number of carbonyl (C=O) groups excluding carboxylic acids is 2. The van der Waals surface area contributed by atoms with E-state index in [-0.39, 0.29) is 24.7 Å². The van der Waals surface area contributed by atoms with Crippen LogP contribution in [0.2, 0.25) is 0 Å². The van der Waals surface area contributed by atoms with Gasteiger partial charge in [0.25, 0.3) is 0 Å². The lowest BCUT2D eigenvalue weighted by Crippen LogP contribution is -2.50. The predicted octanol–water partition coefficient (Wildman–Crippen LogP) is 1.75. The number of rotatable bonds is 1. The second kappa shape index (κ2) is 4.25. The van der Waals surface area contributed by atoms with Gasteiger partial charge in [0.05, 0.1) is 6.07 Å². The van der Waals surface area contributed by atoms with Gasteiger partial charge in [0, 0.05) is 12.8 Å². The van der Waals surface area contributed by atoms with Gasteiger partial charge in [-0.3, -0.25) is 14.5 Å². The highest BCUT2D eigenvalue weighted by atomic mass is 16.2. The van der Waals surface area contributed by atoms with Crippen LogP contribution in [0.25, 0.3) is 0 Å². The maximum atomic E-state index is 11.7. The van der Waals surface area contributed by atoms with Gasteiger partial charge in [-0.15, -0.1) is 0 Å². The third-order valence-electron chi connectivity index (χ3n) is 3.62. The summed E-state index contributed by atoms with van der Waals surface area (Å²) in [6.45, 7) is 0. The summed E-state index contributed by atoms with van der Waals surface area (Å²) in [4.78, 5) is 24.7. The summed E-state index contributed by atoms with van der Waals surface area (Å²) in [5.74, 6) is -0.318. The Morgan fingerprint density at radius 1 is 1.00 bits per heavy atom. The third-order valence-corrected chi connectivity index (χ3v) is 3.62. The second-order valence-corrected chi connectivity index (χ2v) is 4.68. The molecule has 1 aliphatic carbocycles. The van der Waals surface area contributed by atoms with Crippen molar-refractivity contribution in [1.82, 2.24) is 4.90 Å². The molecule has 4 heteroatoms. The van der Waals surface area contributed by atoms with Crippen molar-refractivity contribution in [2.24, 2.45) is 0 Å². The zero-order chi connectivity index (χ0) is 11.6. The van der Waals surface area contributed by atoms with Crippen LogP contribution in [0.1, 0.15) is 51.4 Å². The molecule has 0 atom stereocenters. The van der Waals surface area contributed by atoms with E-state index in [1.54, 1.807) is 0 Å². The van der Waals surface area contributed by atoms with E-state index in [2.05, 4.69) is 6.07 Å². The summed E-state index contributed by atoms with van der Waals surface area (Å²) in [6.07, 6.45) is 5.93. The van der Waals surface area contributed by atoms with Crippen molar-refractivity contribution in [1.29, 1.82) is 5.26 Å². The van der Waals surface area contributed by atoms with Crippen molar-refractivity contribution in [2.75, 3.05) is 0 Å². The number of hydrogen-bond acceptors (Lipinski definition) is 3. The average Bonchev–Trinajstić information content (AvgIpc) is 2.54. The predicted molar refractivity (Wildman–Crippen MR) is 57.1 cm³/mol. The van der Waals surface area contributed by atoms with Crippen LogP contribution < -0.4 is 0 Å². The number of nitriles is 1. The molecule has 16 heavy (non-hydrogen) atoms. The Balaban J connectivity index is 2.29. The van der Waals surface area contributed by atoms with E-state index in [0.29, 0.717) is 12.8 Å². The number of likely N-dealkylation sites (tertiary alicyclic amines) is 1. The van der Waals surface area contributed by atoms with Crippen LogP contribution in [0.4, 0.5) is 0 Å². The van der Waals surface area contributed by atoms with Gasteiger partial charge in [-0.1, -0.05) is 25.7 Å². The summed E-state index contributed by atoms with van der Waals surface area (Å²) in [6, 6.07) is 2.24. The first-order valence-corrected chi connectivity index (χ1v) is 5.97. The molecular formula is C12H16N2O2. The Morgan fingerprint density at radius 2 is 1.50 bits per heavy atom. The Bertz CT molecular complexity index is 333. The highest BCUT2D eigenvalue weighted by molar-refractivity contribution is 6.03. The van der Waals surface area contributed by atoms with Gasteiger partial charge >= 0.3 is 0 Å². The van der Waals surface area contributed by atoms with Gasteiger partial charge in [-0.25, -0.2) is 0 Å². The molecule has 1 saturated carbocycles. The summed E-state index contributed by atoms with van der Waals surface area (Å²) in [5, 5.41) is 9.37. The summed E-state index contributed by atoms with van der Waals surface area (Å²) in [7, 11) is 0. The number of carbonyl (C=O) groups is 2. The first-order valence-electron chi connectivity index (χ1n) is 5.97. The van der Waals surface area contributed by atoms with Gasteiger partial charge in [0.15, 0.2) is 0 Å². The summed E-state index contributed by atoms with van der Waals surface area (Å²) >= 11 is 0. The Hall–Kier alpha value is -1.37. The third kappa shape index (κ3) is 1.71. The molecule has 1 aliphatic heterocycles. The smallest absolute Gasteiger partial charge is 0.231 e. The normalized spacial score (nSPS) is 25.3. The lowest BCUT2D eigenvalue weighted by molar-refractivity contribution is -0.144. The topological polar surface area (TPSA) is 61.2 Å². The largest absolute Gasteiger partial charge is 0.274 e. The van der Waals surface area contributed by atoms with Gasteiger partial charge in [0.2, 0.25) is 11.8 Å². The van der Waals surface area contributed by atoms with Crippen LogP contribution in [-0.2, 0) is 9.59 Å². The molecule has 2 aliphatic rings. The van der Waals surface area contributed by atoms with Crippen molar-refractivity contribution in [3.63, 3.8) is 0 Å². The minimum absolute atomic E-state index is 0.159. The number of amides is 2. The molecule has 0 aromatic carbocycles. The molecule has 2 fully saturated rings. The van der Waals surface area contributed by atoms with Crippen molar-refractivity contribution in [2.45, 2.75) is 56.9 Å². The molecule has 1 heterocycles. The summed E-state index contributed by atoms with van der Waals surface area (Å²) in [5.41, 5.74) is -0.832. The van der Waals surface area contributed by atoms with Gasteiger partial charge in [-0.05, 0) is 12.8 Å². The first kappa shape index (κ1) is 11.1. The Labute approximate surface area is 95.2 Å². The minimum atomic E-state index is -0.832. The molecule has 0 radical (unpaired) electrons. The van der Waals surface area contributed by atoms with Gasteiger partial charge < -0.3 is 0 Å². The number of nitrogens with zero attached hydrogens (tertiary/aromatic N) is 2. The highest BCUT2D eigenvalue weighted by Crippen LogP contribution is 2.35. The van der Waals surface area contributed by atoms with Crippen molar-refractivity contribution >= 4 is 11.8 Å². The van der Waals surface area contributed by atoms with Gasteiger partial charge in [-0.2, -0.15) is 5.26 Å². The molecule has 0 aromatic rings. The van der Waals surface area contributed by atoms with Crippen LogP contribution in [-0.4, -0.2) is 22.3 Å². The fraction of sp³-hybridized carbons (Fsp3) is 0.750. The van der Waals surface area contributed by atoms with Gasteiger partial charge in [0.1, 0.15) is 5.54 Å².